The van der Waals surface area contributed by atoms with Crippen molar-refractivity contribution in [3.05, 3.63) is 98.5 Å². The molecule has 1 fully saturated rings. The maximum absolute atomic E-state index is 13.3. The fourth-order valence-corrected chi connectivity index (χ4v) is 4.02. The van der Waals surface area contributed by atoms with Crippen LogP contribution in [0.3, 0.4) is 0 Å². The van der Waals surface area contributed by atoms with Crippen LogP contribution in [0.5, 0.6) is 5.75 Å². The van der Waals surface area contributed by atoms with Crippen molar-refractivity contribution in [1.82, 2.24) is 5.32 Å². The smallest absolute Gasteiger partial charge is 0.335 e. The number of barbiturate groups is 1. The Morgan fingerprint density at radius 3 is 2.47 bits per heavy atom. The van der Waals surface area contributed by atoms with E-state index in [4.69, 9.17) is 4.74 Å². The van der Waals surface area contributed by atoms with E-state index in [9.17, 15) is 14.4 Å². The molecule has 34 heavy (non-hydrogen) atoms. The van der Waals surface area contributed by atoms with Crippen molar-refractivity contribution in [3.8, 4) is 5.75 Å². The summed E-state index contributed by atoms with van der Waals surface area (Å²) in [6, 6.07) is 17.8. The fourth-order valence-electron chi connectivity index (χ4n) is 3.64. The molecule has 0 unspecified atom stereocenters. The zero-order valence-electron chi connectivity index (χ0n) is 19.0. The van der Waals surface area contributed by atoms with Crippen molar-refractivity contribution in [1.29, 1.82) is 0 Å². The van der Waals surface area contributed by atoms with Gasteiger partial charge in [-0.15, -0.1) is 0 Å². The van der Waals surface area contributed by atoms with Gasteiger partial charge in [0.1, 0.15) is 17.9 Å². The third-order valence-electron chi connectivity index (χ3n) is 5.60. The Morgan fingerprint density at radius 2 is 1.74 bits per heavy atom. The van der Waals surface area contributed by atoms with Crippen LogP contribution >= 0.6 is 15.9 Å². The number of urea groups is 1. The molecule has 1 heterocycles. The third kappa shape index (κ3) is 4.94. The maximum Gasteiger partial charge on any atom is 0.335 e. The van der Waals surface area contributed by atoms with Crippen molar-refractivity contribution < 1.29 is 19.1 Å². The van der Waals surface area contributed by atoms with Crippen LogP contribution in [0.15, 0.2) is 70.7 Å². The first kappa shape index (κ1) is 23.4. The van der Waals surface area contributed by atoms with Crippen LogP contribution in [0.25, 0.3) is 6.08 Å². The van der Waals surface area contributed by atoms with Gasteiger partial charge in [0.15, 0.2) is 0 Å². The molecule has 7 heteroatoms. The maximum atomic E-state index is 13.3. The number of halogens is 1. The Kier molecular flexibility index (Phi) is 6.65. The van der Waals surface area contributed by atoms with Crippen LogP contribution < -0.4 is 15.0 Å². The normalized spacial score (nSPS) is 15.0. The Labute approximate surface area is 206 Å². The van der Waals surface area contributed by atoms with Gasteiger partial charge in [0.2, 0.25) is 0 Å². The average molecular weight is 519 g/mol. The summed E-state index contributed by atoms with van der Waals surface area (Å²) < 4.78 is 6.78. The molecule has 4 amide bonds. The van der Waals surface area contributed by atoms with E-state index in [1.54, 1.807) is 24.3 Å². The van der Waals surface area contributed by atoms with Gasteiger partial charge in [0, 0.05) is 10.0 Å². The number of carbonyl (C=O) groups excluding carboxylic acids is 3. The highest BCUT2D eigenvalue weighted by atomic mass is 79.9. The summed E-state index contributed by atoms with van der Waals surface area (Å²) in [5, 5.41) is 2.27. The molecule has 0 saturated carbocycles. The predicted octanol–water partition coefficient (Wildman–Crippen LogP) is 5.62. The number of aryl methyl sites for hydroxylation is 3. The van der Waals surface area contributed by atoms with Crippen molar-refractivity contribution >= 4 is 45.5 Å². The largest absolute Gasteiger partial charge is 0.488 e. The van der Waals surface area contributed by atoms with Crippen LogP contribution in [0.4, 0.5) is 10.5 Å². The van der Waals surface area contributed by atoms with Crippen LogP contribution in [0.2, 0.25) is 0 Å². The van der Waals surface area contributed by atoms with E-state index < -0.39 is 17.8 Å². The number of nitrogens with zero attached hydrogens (tertiary/aromatic N) is 1. The summed E-state index contributed by atoms with van der Waals surface area (Å²) in [6.07, 6.45) is 1.45. The predicted molar refractivity (Wildman–Crippen MR) is 135 cm³/mol. The van der Waals surface area contributed by atoms with Gasteiger partial charge in [-0.2, -0.15) is 0 Å². The zero-order chi connectivity index (χ0) is 24.4. The number of hydrogen-bond acceptors (Lipinski definition) is 4. The molecule has 172 valence electrons. The molecule has 0 atom stereocenters. The second-order valence-electron chi connectivity index (χ2n) is 8.19. The number of carbonyl (C=O) groups is 3. The minimum atomic E-state index is -0.777. The molecule has 1 aliphatic rings. The summed E-state index contributed by atoms with van der Waals surface area (Å²) in [7, 11) is 0. The molecule has 0 aromatic heterocycles. The number of hydrogen-bond donors (Lipinski definition) is 1. The standard InChI is InChI=1S/C27H23BrN2O4/c1-16-5-4-6-19(11-16)15-34-24-10-8-21(28)13-20(24)14-23-25(31)29-27(33)30(26(23)32)22-9-7-17(2)18(3)12-22/h4-14H,15H2,1-3H3,(H,29,31,33)/b23-14+. The lowest BCUT2D eigenvalue weighted by Gasteiger charge is -2.27. The summed E-state index contributed by atoms with van der Waals surface area (Å²) in [4.78, 5) is 39.4. The van der Waals surface area contributed by atoms with E-state index in [-0.39, 0.29) is 5.57 Å². The summed E-state index contributed by atoms with van der Waals surface area (Å²) in [5.74, 6) is -0.936. The summed E-state index contributed by atoms with van der Waals surface area (Å²) in [5.41, 5.74) is 4.86. The average Bonchev–Trinajstić information content (AvgIpc) is 2.78. The molecule has 0 radical (unpaired) electrons. The highest BCUT2D eigenvalue weighted by Crippen LogP contribution is 2.29. The SMILES string of the molecule is Cc1cccc(COc2ccc(Br)cc2/C=C2\C(=O)NC(=O)N(c3ccc(C)c(C)c3)C2=O)c1. The molecule has 1 aliphatic heterocycles. The second-order valence-corrected chi connectivity index (χ2v) is 9.10. The minimum Gasteiger partial charge on any atom is -0.488 e. The first-order chi connectivity index (χ1) is 16.2. The molecule has 3 aromatic carbocycles. The number of ether oxygens (including phenoxy) is 1. The van der Waals surface area contributed by atoms with E-state index in [0.29, 0.717) is 23.6 Å². The van der Waals surface area contributed by atoms with E-state index in [0.717, 1.165) is 31.6 Å². The van der Waals surface area contributed by atoms with Crippen LogP contribution in [0.1, 0.15) is 27.8 Å². The Bertz CT molecular complexity index is 1350. The van der Waals surface area contributed by atoms with E-state index >= 15 is 0 Å². The molecule has 1 saturated heterocycles. The van der Waals surface area contributed by atoms with Crippen molar-refractivity contribution in [2.45, 2.75) is 27.4 Å². The topological polar surface area (TPSA) is 75.7 Å². The summed E-state index contributed by atoms with van der Waals surface area (Å²) >= 11 is 3.43. The number of amides is 4. The van der Waals surface area contributed by atoms with Gasteiger partial charge in [0.05, 0.1) is 5.69 Å². The minimum absolute atomic E-state index is 0.156. The van der Waals surface area contributed by atoms with Gasteiger partial charge in [-0.1, -0.05) is 51.8 Å². The Hall–Kier alpha value is -3.71. The molecular weight excluding hydrogens is 496 g/mol. The highest BCUT2D eigenvalue weighted by molar-refractivity contribution is 9.10. The zero-order valence-corrected chi connectivity index (χ0v) is 20.6. The lowest BCUT2D eigenvalue weighted by atomic mass is 10.0. The molecule has 4 rings (SSSR count). The Morgan fingerprint density at radius 1 is 0.941 bits per heavy atom. The molecule has 0 aliphatic carbocycles. The van der Waals surface area contributed by atoms with Crippen LogP contribution in [-0.2, 0) is 16.2 Å². The van der Waals surface area contributed by atoms with Crippen molar-refractivity contribution in [2.75, 3.05) is 4.90 Å². The van der Waals surface area contributed by atoms with Gasteiger partial charge in [-0.05, 0) is 73.9 Å². The third-order valence-corrected chi connectivity index (χ3v) is 6.09. The molecule has 6 nitrogen and oxygen atoms in total. The first-order valence-corrected chi connectivity index (χ1v) is 11.5. The van der Waals surface area contributed by atoms with Crippen molar-refractivity contribution in [3.63, 3.8) is 0 Å². The van der Waals surface area contributed by atoms with Crippen LogP contribution in [-0.4, -0.2) is 17.8 Å². The van der Waals surface area contributed by atoms with Crippen molar-refractivity contribution in [2.24, 2.45) is 0 Å². The number of anilines is 1. The van der Waals surface area contributed by atoms with Gasteiger partial charge < -0.3 is 4.74 Å². The van der Waals surface area contributed by atoms with E-state index in [1.807, 2.05) is 57.2 Å². The number of benzene rings is 3. The van der Waals surface area contributed by atoms with Crippen LogP contribution in [0, 0.1) is 20.8 Å². The lowest BCUT2D eigenvalue weighted by molar-refractivity contribution is -0.122. The molecule has 0 bridgehead atoms. The van der Waals surface area contributed by atoms with Gasteiger partial charge >= 0.3 is 6.03 Å². The molecule has 0 spiro atoms. The lowest BCUT2D eigenvalue weighted by Crippen LogP contribution is -2.54. The molecule has 1 N–H and O–H groups in total. The van der Waals surface area contributed by atoms with Gasteiger partial charge in [0.25, 0.3) is 11.8 Å². The molecule has 3 aromatic rings. The Balaban J connectivity index is 1.68. The van der Waals surface area contributed by atoms with Gasteiger partial charge in [-0.3, -0.25) is 14.9 Å². The summed E-state index contributed by atoms with van der Waals surface area (Å²) in [6.45, 7) is 6.17. The quantitative estimate of drug-likeness (QED) is 0.351. The number of nitrogens with one attached hydrogen (secondary N) is 1. The number of rotatable bonds is 5. The fraction of sp³-hybridized carbons (Fsp3) is 0.148. The highest BCUT2D eigenvalue weighted by Gasteiger charge is 2.37. The monoisotopic (exact) mass is 518 g/mol. The van der Waals surface area contributed by atoms with Gasteiger partial charge in [-0.25, -0.2) is 9.69 Å². The van der Waals surface area contributed by atoms with E-state index in [1.165, 1.54) is 6.08 Å². The molecular formula is C27H23BrN2O4. The second kappa shape index (κ2) is 9.65. The first-order valence-electron chi connectivity index (χ1n) is 10.7. The number of imide groups is 2. The van der Waals surface area contributed by atoms with E-state index in [2.05, 4.69) is 21.2 Å².